The predicted octanol–water partition coefficient (Wildman–Crippen LogP) is 16.3. The van der Waals surface area contributed by atoms with Gasteiger partial charge in [0.2, 0.25) is 0 Å². The van der Waals surface area contributed by atoms with Gasteiger partial charge in [0.05, 0.1) is 0 Å². The molecule has 0 saturated heterocycles. The van der Waals surface area contributed by atoms with Gasteiger partial charge in [0.15, 0.2) is 0 Å². The zero-order chi connectivity index (χ0) is 39.4. The maximum absolute atomic E-state index is 6.71. The van der Waals surface area contributed by atoms with Gasteiger partial charge >= 0.3 is 0 Å². The molecule has 9 aromatic rings. The topological polar surface area (TPSA) is 16.4 Å². The van der Waals surface area contributed by atoms with Gasteiger partial charge in [-0.2, -0.15) is 0 Å². The summed E-state index contributed by atoms with van der Waals surface area (Å²) in [6, 6.07) is 69.5. The molecule has 1 heterocycles. The lowest BCUT2D eigenvalue weighted by molar-refractivity contribution is 0.671. The number of hydrogen-bond donors (Lipinski definition) is 0. The molecule has 0 saturated carbocycles. The van der Waals surface area contributed by atoms with E-state index in [-0.39, 0.29) is 5.92 Å². The van der Waals surface area contributed by atoms with E-state index in [4.69, 9.17) is 4.42 Å². The van der Waals surface area contributed by atoms with Crippen LogP contribution < -0.4 is 4.90 Å². The van der Waals surface area contributed by atoms with Gasteiger partial charge in [0.1, 0.15) is 11.2 Å². The molecule has 0 fully saturated rings. The molecule has 0 radical (unpaired) electrons. The summed E-state index contributed by atoms with van der Waals surface area (Å²) in [5.41, 5.74) is 16.7. The van der Waals surface area contributed by atoms with Crippen molar-refractivity contribution in [3.8, 4) is 44.5 Å². The number of furan rings is 1. The number of nitrogens with zero attached hydrogens (tertiary/aromatic N) is 1. The van der Waals surface area contributed by atoms with E-state index in [1.165, 1.54) is 16.7 Å². The van der Waals surface area contributed by atoms with E-state index in [1.54, 1.807) is 0 Å². The summed E-state index contributed by atoms with van der Waals surface area (Å²) < 4.78 is 6.71. The van der Waals surface area contributed by atoms with Crippen LogP contribution in [-0.2, 0) is 0 Å². The van der Waals surface area contributed by atoms with Gasteiger partial charge in [0.25, 0.3) is 0 Å². The minimum atomic E-state index is 0.286. The van der Waals surface area contributed by atoms with Gasteiger partial charge in [-0.15, -0.1) is 0 Å². The molecule has 0 spiro atoms. The summed E-state index contributed by atoms with van der Waals surface area (Å²) in [5, 5.41) is 2.26. The van der Waals surface area contributed by atoms with Crippen molar-refractivity contribution in [2.45, 2.75) is 26.2 Å². The van der Waals surface area contributed by atoms with Crippen LogP contribution in [0, 0.1) is 0 Å². The molecule has 8 aromatic carbocycles. The summed E-state index contributed by atoms with van der Waals surface area (Å²) in [4.78, 5) is 2.34. The Kier molecular flexibility index (Phi) is 10.1. The highest BCUT2D eigenvalue weighted by atomic mass is 16.3. The second kappa shape index (κ2) is 16.1. The summed E-state index contributed by atoms with van der Waals surface area (Å²) in [6.45, 7) is 8.64. The molecule has 1 atom stereocenters. The molecular formula is C56H45NO. The number of allylic oxidation sites excluding steroid dienone is 3. The maximum Gasteiger partial charge on any atom is 0.143 e. The largest absolute Gasteiger partial charge is 0.455 e. The monoisotopic (exact) mass is 747 g/mol. The Bertz CT molecular complexity index is 2850. The van der Waals surface area contributed by atoms with Crippen molar-refractivity contribution < 1.29 is 4.42 Å². The Balaban J connectivity index is 1.03. The highest BCUT2D eigenvalue weighted by Crippen LogP contribution is 2.41. The van der Waals surface area contributed by atoms with E-state index in [9.17, 15) is 0 Å². The van der Waals surface area contributed by atoms with Crippen molar-refractivity contribution in [1.82, 2.24) is 0 Å². The van der Waals surface area contributed by atoms with E-state index >= 15 is 0 Å². The van der Waals surface area contributed by atoms with Crippen molar-refractivity contribution in [1.29, 1.82) is 0 Å². The number of rotatable bonds is 11. The first-order chi connectivity index (χ1) is 28.6. The molecule has 58 heavy (non-hydrogen) atoms. The second-order valence-electron chi connectivity index (χ2n) is 14.8. The van der Waals surface area contributed by atoms with Crippen LogP contribution >= 0.6 is 0 Å². The fourth-order valence-electron chi connectivity index (χ4n) is 8.32. The van der Waals surface area contributed by atoms with Crippen LogP contribution in [-0.4, -0.2) is 0 Å². The van der Waals surface area contributed by atoms with Gasteiger partial charge in [-0.25, -0.2) is 0 Å². The number of anilines is 3. The molecular weight excluding hydrogens is 703 g/mol. The number of benzene rings is 8. The first kappa shape index (κ1) is 36.5. The van der Waals surface area contributed by atoms with Crippen LogP contribution in [0.5, 0.6) is 0 Å². The van der Waals surface area contributed by atoms with Crippen molar-refractivity contribution in [2.24, 2.45) is 0 Å². The molecule has 2 heteroatoms. The molecule has 0 aliphatic carbocycles. The molecule has 0 N–H and O–H groups in total. The Labute approximate surface area is 341 Å². The molecule has 0 bridgehead atoms. The van der Waals surface area contributed by atoms with E-state index < -0.39 is 0 Å². The molecule has 1 unspecified atom stereocenters. The SMILES string of the molecule is C=C(/C=C\C)C(CC)c1ccc(N(c2ccc(-c3ccccc3)cc2)c2ccc(-c3ccc(-c4cccc5c4oc4c(-c6ccccc6)cccc45)cc3)cc2)cc1. The molecule has 9 rings (SSSR count). The first-order valence-corrected chi connectivity index (χ1v) is 20.2. The van der Waals surface area contributed by atoms with E-state index in [0.29, 0.717) is 0 Å². The third-order valence-corrected chi connectivity index (χ3v) is 11.3. The van der Waals surface area contributed by atoms with Crippen molar-refractivity contribution in [3.05, 3.63) is 224 Å². The van der Waals surface area contributed by atoms with Crippen molar-refractivity contribution >= 4 is 39.0 Å². The smallest absolute Gasteiger partial charge is 0.143 e. The fraction of sp³-hybridized carbons (Fsp3) is 0.0714. The molecule has 1 aromatic heterocycles. The van der Waals surface area contributed by atoms with E-state index in [1.807, 2.05) is 13.0 Å². The second-order valence-corrected chi connectivity index (χ2v) is 14.8. The first-order valence-electron chi connectivity index (χ1n) is 20.2. The van der Waals surface area contributed by atoms with Crippen LogP contribution in [0.3, 0.4) is 0 Å². The quantitative estimate of drug-likeness (QED) is 0.123. The van der Waals surface area contributed by atoms with Crippen LogP contribution in [0.15, 0.2) is 223 Å². The zero-order valence-electron chi connectivity index (χ0n) is 33.0. The summed E-state index contributed by atoms with van der Waals surface area (Å²) in [5.74, 6) is 0.286. The Morgan fingerprint density at radius 1 is 0.483 bits per heavy atom. The molecule has 0 aliphatic heterocycles. The minimum Gasteiger partial charge on any atom is -0.455 e. The standard InChI is InChI=1S/C56H45NO/c1-4-14-39(3)50(5-2)45-31-37-49(38-32-45)57(47-33-27-42(28-34-47)40-15-8-6-9-16-40)48-35-29-43(30-36-48)41-23-25-46(26-24-41)52-20-13-22-54-53-21-12-19-51(55(53)58-56(52)54)44-17-10-7-11-18-44/h4,6-38,50H,3,5H2,1-2H3/b14-4-. The average Bonchev–Trinajstić information content (AvgIpc) is 3.68. The van der Waals surface area contributed by atoms with E-state index in [0.717, 1.165) is 84.4 Å². The lowest BCUT2D eigenvalue weighted by Gasteiger charge is -2.27. The molecule has 280 valence electrons. The summed E-state index contributed by atoms with van der Waals surface area (Å²) in [7, 11) is 0. The zero-order valence-corrected chi connectivity index (χ0v) is 33.0. The Morgan fingerprint density at radius 3 is 1.34 bits per heavy atom. The fourth-order valence-corrected chi connectivity index (χ4v) is 8.32. The van der Waals surface area contributed by atoms with Crippen molar-refractivity contribution in [2.75, 3.05) is 4.90 Å². The normalized spacial score (nSPS) is 12.0. The van der Waals surface area contributed by atoms with Crippen LogP contribution in [0.4, 0.5) is 17.1 Å². The summed E-state index contributed by atoms with van der Waals surface area (Å²) in [6.07, 6.45) is 5.20. The minimum absolute atomic E-state index is 0.286. The van der Waals surface area contributed by atoms with Gasteiger partial charge in [-0.05, 0) is 94.3 Å². The Morgan fingerprint density at radius 2 is 0.879 bits per heavy atom. The van der Waals surface area contributed by atoms with Gasteiger partial charge < -0.3 is 9.32 Å². The molecule has 0 aliphatic rings. The van der Waals surface area contributed by atoms with Gasteiger partial charge in [-0.3, -0.25) is 0 Å². The Hall–Kier alpha value is -7.16. The number of fused-ring (bicyclic) bond motifs is 3. The number of para-hydroxylation sites is 2. The summed E-state index contributed by atoms with van der Waals surface area (Å²) >= 11 is 0. The predicted molar refractivity (Wildman–Crippen MR) is 247 cm³/mol. The van der Waals surface area contributed by atoms with Crippen LogP contribution in [0.1, 0.15) is 31.7 Å². The van der Waals surface area contributed by atoms with Gasteiger partial charge in [-0.1, -0.05) is 183 Å². The molecule has 2 nitrogen and oxygen atoms in total. The third-order valence-electron chi connectivity index (χ3n) is 11.3. The lowest BCUT2D eigenvalue weighted by atomic mass is 9.89. The van der Waals surface area contributed by atoms with Crippen LogP contribution in [0.2, 0.25) is 0 Å². The maximum atomic E-state index is 6.71. The third kappa shape index (κ3) is 7.06. The number of hydrogen-bond acceptors (Lipinski definition) is 2. The highest BCUT2D eigenvalue weighted by Gasteiger charge is 2.18. The highest BCUT2D eigenvalue weighted by molar-refractivity contribution is 6.13. The average molecular weight is 748 g/mol. The van der Waals surface area contributed by atoms with Crippen molar-refractivity contribution in [3.63, 3.8) is 0 Å². The van der Waals surface area contributed by atoms with Crippen LogP contribution in [0.25, 0.3) is 66.4 Å². The van der Waals surface area contributed by atoms with Gasteiger partial charge in [0, 0.05) is 44.9 Å². The lowest BCUT2D eigenvalue weighted by Crippen LogP contribution is -2.10. The van der Waals surface area contributed by atoms with E-state index in [2.05, 4.69) is 219 Å². The molecule has 0 amide bonds.